The predicted molar refractivity (Wildman–Crippen MR) is 79.9 cm³/mol. The second kappa shape index (κ2) is 10.1. The first-order valence-corrected chi connectivity index (χ1v) is 7.98. The fraction of sp³-hybridized carbons (Fsp3) is 0.733. The molecule has 2 heterocycles. The van der Waals surface area contributed by atoms with E-state index in [1.807, 2.05) is 0 Å². The smallest absolute Gasteiger partial charge is 0.542 e. The number of carboxylic acids is 1. The van der Waals surface area contributed by atoms with Gasteiger partial charge in [0.05, 0.1) is 18.8 Å². The van der Waals surface area contributed by atoms with E-state index in [0.29, 0.717) is 0 Å². The zero-order valence-corrected chi connectivity index (χ0v) is 17.1. The molecule has 1 amide bonds. The summed E-state index contributed by atoms with van der Waals surface area (Å²) in [6.07, 6.45) is -8.57. The molecule has 1 fully saturated rings. The van der Waals surface area contributed by atoms with E-state index < -0.39 is 73.2 Å². The van der Waals surface area contributed by atoms with Crippen molar-refractivity contribution in [2.75, 3.05) is 6.61 Å². The number of amides is 1. The number of rotatable bonds is 5. The van der Waals surface area contributed by atoms with Gasteiger partial charge in [-0.05, 0) is 13.0 Å². The maximum absolute atomic E-state index is 11.3. The number of carboxylic acid groups (broad SMARTS) is 1. The molecular weight excluding hydrogens is 377 g/mol. The minimum absolute atomic E-state index is 0. The summed E-state index contributed by atoms with van der Waals surface area (Å²) in [4.78, 5) is 22.2. The van der Waals surface area contributed by atoms with Crippen LogP contribution in [0.3, 0.4) is 0 Å². The monoisotopic (exact) mass is 399 g/mol. The Hall–Kier alpha value is -0.760. The SMILES string of the molecule is CC(=O)N[C@H]1C(C)O[C@H](CO)C(O[C@@H]2OC(C(=O)[O-])=C[C@H](O)[C@H]2O)[C@@H]1O.[Na+]. The number of carbonyl (C=O) groups excluding carboxylic acids is 2. The molecule has 11 nitrogen and oxygen atoms in total. The molecule has 0 aromatic carbocycles. The van der Waals surface area contributed by atoms with Crippen LogP contribution in [0, 0.1) is 0 Å². The molecule has 12 heteroatoms. The molecule has 0 saturated carbocycles. The molecule has 0 aliphatic carbocycles. The zero-order chi connectivity index (χ0) is 19.6. The van der Waals surface area contributed by atoms with Crippen LogP contribution in [0.5, 0.6) is 0 Å². The summed E-state index contributed by atoms with van der Waals surface area (Å²) in [5, 5.41) is 53.1. The van der Waals surface area contributed by atoms with Crippen LogP contribution in [-0.2, 0) is 23.8 Å². The van der Waals surface area contributed by atoms with Gasteiger partial charge in [0.15, 0.2) is 0 Å². The van der Waals surface area contributed by atoms with Crippen LogP contribution in [0.15, 0.2) is 11.8 Å². The van der Waals surface area contributed by atoms with Crippen molar-refractivity contribution < 1.29 is 78.9 Å². The summed E-state index contributed by atoms with van der Waals surface area (Å²) in [7, 11) is 0. The first-order valence-electron chi connectivity index (χ1n) is 7.98. The Bertz CT molecular complexity index is 573. The number of carbonyl (C=O) groups is 2. The summed E-state index contributed by atoms with van der Waals surface area (Å²) in [5.41, 5.74) is 0. The molecule has 2 aliphatic rings. The molecule has 2 unspecified atom stereocenters. The predicted octanol–water partition coefficient (Wildman–Crippen LogP) is -7.27. The number of hydrogen-bond acceptors (Lipinski definition) is 10. The minimum Gasteiger partial charge on any atom is -0.542 e. The van der Waals surface area contributed by atoms with Crippen molar-refractivity contribution in [2.24, 2.45) is 0 Å². The summed E-state index contributed by atoms with van der Waals surface area (Å²) in [5.74, 6) is -2.91. The molecule has 2 aliphatic heterocycles. The summed E-state index contributed by atoms with van der Waals surface area (Å²) in [6, 6.07) is -0.887. The van der Waals surface area contributed by atoms with Gasteiger partial charge in [0, 0.05) is 6.92 Å². The van der Waals surface area contributed by atoms with E-state index >= 15 is 0 Å². The number of aliphatic hydroxyl groups excluding tert-OH is 4. The van der Waals surface area contributed by atoms with Crippen molar-refractivity contribution in [3.63, 3.8) is 0 Å². The Morgan fingerprint density at radius 3 is 2.44 bits per heavy atom. The molecule has 0 spiro atoms. The van der Waals surface area contributed by atoms with E-state index in [-0.39, 0.29) is 29.6 Å². The number of aliphatic carboxylic acids is 1. The van der Waals surface area contributed by atoms with Crippen LogP contribution in [0.1, 0.15) is 13.8 Å². The van der Waals surface area contributed by atoms with Gasteiger partial charge in [-0.1, -0.05) is 0 Å². The van der Waals surface area contributed by atoms with Crippen molar-refractivity contribution in [2.45, 2.75) is 62.8 Å². The summed E-state index contributed by atoms with van der Waals surface area (Å²) in [6.45, 7) is 2.26. The Balaban J connectivity index is 0.00000364. The molecule has 2 rings (SSSR count). The molecule has 0 bridgehead atoms. The second-order valence-electron chi connectivity index (χ2n) is 6.17. The summed E-state index contributed by atoms with van der Waals surface area (Å²) < 4.78 is 15.9. The molecule has 1 saturated heterocycles. The molecule has 0 aromatic rings. The normalized spacial score (nSPS) is 38.8. The molecule has 27 heavy (non-hydrogen) atoms. The molecule has 8 atom stereocenters. The largest absolute Gasteiger partial charge is 1.00 e. The number of aliphatic hydroxyl groups is 4. The van der Waals surface area contributed by atoms with Crippen LogP contribution >= 0.6 is 0 Å². The van der Waals surface area contributed by atoms with Crippen LogP contribution in [0.2, 0.25) is 0 Å². The van der Waals surface area contributed by atoms with E-state index in [0.717, 1.165) is 6.08 Å². The van der Waals surface area contributed by atoms with Crippen LogP contribution in [0.25, 0.3) is 0 Å². The second-order valence-corrected chi connectivity index (χ2v) is 6.17. The van der Waals surface area contributed by atoms with E-state index in [4.69, 9.17) is 14.2 Å². The van der Waals surface area contributed by atoms with E-state index in [1.165, 1.54) is 6.92 Å². The molecule has 5 N–H and O–H groups in total. The Labute approximate surface area is 177 Å². The number of ether oxygens (including phenoxy) is 3. The Morgan fingerprint density at radius 2 is 1.93 bits per heavy atom. The van der Waals surface area contributed by atoms with Crippen molar-refractivity contribution in [1.82, 2.24) is 5.32 Å². The Morgan fingerprint density at radius 1 is 1.30 bits per heavy atom. The third-order valence-corrected chi connectivity index (χ3v) is 4.20. The van der Waals surface area contributed by atoms with Crippen molar-refractivity contribution in [3.05, 3.63) is 11.8 Å². The molecular formula is C15H22NNaO10. The van der Waals surface area contributed by atoms with E-state index in [9.17, 15) is 35.1 Å². The average molecular weight is 399 g/mol. The van der Waals surface area contributed by atoms with Crippen molar-refractivity contribution in [3.8, 4) is 0 Å². The van der Waals surface area contributed by atoms with Crippen LogP contribution < -0.4 is 40.0 Å². The Kier molecular flexibility index (Phi) is 9.12. The quantitative estimate of drug-likeness (QED) is 0.279. The molecule has 148 valence electrons. The fourth-order valence-corrected chi connectivity index (χ4v) is 2.92. The summed E-state index contributed by atoms with van der Waals surface area (Å²) >= 11 is 0. The molecule has 0 radical (unpaired) electrons. The van der Waals surface area contributed by atoms with Gasteiger partial charge in [-0.15, -0.1) is 0 Å². The van der Waals surface area contributed by atoms with Crippen LogP contribution in [0.4, 0.5) is 0 Å². The van der Waals surface area contributed by atoms with Gasteiger partial charge in [0.25, 0.3) is 0 Å². The molecule has 0 aromatic heterocycles. The van der Waals surface area contributed by atoms with Gasteiger partial charge in [-0.25, -0.2) is 0 Å². The first-order chi connectivity index (χ1) is 12.1. The van der Waals surface area contributed by atoms with Gasteiger partial charge < -0.3 is 49.9 Å². The van der Waals surface area contributed by atoms with E-state index in [2.05, 4.69) is 5.32 Å². The first kappa shape index (κ1) is 24.3. The van der Waals surface area contributed by atoms with Gasteiger partial charge in [-0.2, -0.15) is 0 Å². The minimum atomic E-state index is -1.73. The van der Waals surface area contributed by atoms with Crippen LogP contribution in [-0.4, -0.2) is 87.9 Å². The zero-order valence-electron chi connectivity index (χ0n) is 15.1. The van der Waals surface area contributed by atoms with Gasteiger partial charge in [0.2, 0.25) is 12.2 Å². The average Bonchev–Trinajstić information content (AvgIpc) is 2.56. The van der Waals surface area contributed by atoms with Crippen molar-refractivity contribution >= 4 is 11.9 Å². The third kappa shape index (κ3) is 5.62. The van der Waals surface area contributed by atoms with Gasteiger partial charge >= 0.3 is 29.6 Å². The maximum Gasteiger partial charge on any atom is 1.00 e. The third-order valence-electron chi connectivity index (χ3n) is 4.20. The number of hydrogen-bond donors (Lipinski definition) is 5. The number of nitrogens with one attached hydrogen (secondary N) is 1. The fourth-order valence-electron chi connectivity index (χ4n) is 2.92. The van der Waals surface area contributed by atoms with Gasteiger partial charge in [0.1, 0.15) is 42.2 Å². The maximum atomic E-state index is 11.3. The van der Waals surface area contributed by atoms with Gasteiger partial charge in [-0.3, -0.25) is 4.79 Å². The van der Waals surface area contributed by atoms with E-state index in [1.54, 1.807) is 6.92 Å². The van der Waals surface area contributed by atoms with Crippen molar-refractivity contribution in [1.29, 1.82) is 0 Å². The standard InChI is InChI=1S/C15H23NO10.Na/c1-5-10(16-6(2)18)12(21)13(9(4-17)24-5)26-15-11(20)7(19)3-8(25-15)14(22)23;/h3,5,7,9-13,15,17,19-21H,4H2,1-2H3,(H,16,18)(H,22,23);/q;+1/p-1/t5?,7-,9+,10-,11+,12+,13?,15-;/m0./s1. The topological polar surface area (TPSA) is 178 Å².